The molecule has 0 radical (unpaired) electrons. The van der Waals surface area contributed by atoms with Gasteiger partial charge in [-0.15, -0.1) is 11.8 Å². The Morgan fingerprint density at radius 1 is 1.53 bits per heavy atom. The van der Waals surface area contributed by atoms with Gasteiger partial charge in [-0.05, 0) is 12.3 Å². The van der Waals surface area contributed by atoms with E-state index < -0.39 is 10.8 Å². The Bertz CT molecular complexity index is 392. The second-order valence-electron chi connectivity index (χ2n) is 3.08. The third kappa shape index (κ3) is 2.36. The van der Waals surface area contributed by atoms with E-state index in [1.54, 1.807) is 31.4 Å². The first-order valence-electron chi connectivity index (χ1n) is 4.38. The second kappa shape index (κ2) is 4.93. The molecule has 0 N–H and O–H groups in total. The van der Waals surface area contributed by atoms with Crippen LogP contribution in [0.15, 0.2) is 23.1 Å². The van der Waals surface area contributed by atoms with E-state index in [-0.39, 0.29) is 5.69 Å². The molecule has 0 saturated carbocycles. The maximum absolute atomic E-state index is 10.9. The number of hydrogen-bond donors (Lipinski definition) is 0. The van der Waals surface area contributed by atoms with Gasteiger partial charge in [-0.25, -0.2) is 0 Å². The highest BCUT2D eigenvalue weighted by molar-refractivity contribution is 7.98. The molecule has 1 aromatic carbocycles. The van der Waals surface area contributed by atoms with Crippen LogP contribution in [0.25, 0.3) is 0 Å². The van der Waals surface area contributed by atoms with Crippen molar-refractivity contribution >= 4 is 23.7 Å². The zero-order valence-electron chi connectivity index (χ0n) is 8.47. The monoisotopic (exact) mass is 225 g/mol. The first-order valence-corrected chi connectivity index (χ1v) is 5.60. The Kier molecular flexibility index (Phi) is 3.85. The van der Waals surface area contributed by atoms with E-state index in [9.17, 15) is 14.9 Å². The third-order valence-corrected chi connectivity index (χ3v) is 2.90. The van der Waals surface area contributed by atoms with Crippen molar-refractivity contribution in [2.75, 3.05) is 6.26 Å². The summed E-state index contributed by atoms with van der Waals surface area (Å²) in [5.41, 5.74) is 0.520. The van der Waals surface area contributed by atoms with E-state index in [0.29, 0.717) is 16.7 Å². The maximum Gasteiger partial charge on any atom is 0.286 e. The highest BCUT2D eigenvalue weighted by Gasteiger charge is 2.22. The number of para-hydroxylation sites is 1. The molecule has 0 spiro atoms. The SMILES string of the molecule is CSc1cccc(C(C)C=O)c1[N+](=O)[O-]. The molecule has 5 heteroatoms. The summed E-state index contributed by atoms with van der Waals surface area (Å²) in [7, 11) is 0. The number of thioether (sulfide) groups is 1. The molecule has 15 heavy (non-hydrogen) atoms. The summed E-state index contributed by atoms with van der Waals surface area (Å²) in [5, 5.41) is 10.9. The molecular formula is C10H11NO3S. The lowest BCUT2D eigenvalue weighted by atomic mass is 10.0. The minimum atomic E-state index is -0.447. The molecule has 0 aromatic heterocycles. The molecule has 80 valence electrons. The van der Waals surface area contributed by atoms with E-state index >= 15 is 0 Å². The van der Waals surface area contributed by atoms with E-state index in [1.165, 1.54) is 11.8 Å². The van der Waals surface area contributed by atoms with Gasteiger partial charge in [0.25, 0.3) is 5.69 Å². The summed E-state index contributed by atoms with van der Waals surface area (Å²) in [4.78, 5) is 21.7. The molecular weight excluding hydrogens is 214 g/mol. The van der Waals surface area contributed by atoms with E-state index in [2.05, 4.69) is 0 Å². The Labute approximate surface area is 91.8 Å². The lowest BCUT2D eigenvalue weighted by Crippen LogP contribution is -2.02. The van der Waals surface area contributed by atoms with Crippen molar-refractivity contribution in [3.05, 3.63) is 33.9 Å². The van der Waals surface area contributed by atoms with Gasteiger partial charge in [-0.1, -0.05) is 19.1 Å². The molecule has 0 aliphatic rings. The number of benzene rings is 1. The standard InChI is InChI=1S/C10H11NO3S/c1-7(6-12)8-4-3-5-9(15-2)10(8)11(13)14/h3-7H,1-2H3. The van der Waals surface area contributed by atoms with Crippen LogP contribution in [0.1, 0.15) is 18.4 Å². The number of rotatable bonds is 4. The number of nitro groups is 1. The number of carbonyl (C=O) groups excluding carboxylic acids is 1. The van der Waals surface area contributed by atoms with Crippen LogP contribution in [0.4, 0.5) is 5.69 Å². The summed E-state index contributed by atoms with van der Waals surface area (Å²) in [5.74, 6) is -0.447. The average Bonchev–Trinajstić information content (AvgIpc) is 2.26. The predicted octanol–water partition coefficient (Wildman–Crippen LogP) is 2.62. The Morgan fingerprint density at radius 3 is 2.67 bits per heavy atom. The number of carbonyl (C=O) groups is 1. The first kappa shape index (κ1) is 11.7. The molecule has 1 unspecified atom stereocenters. The van der Waals surface area contributed by atoms with Crippen LogP contribution in [-0.2, 0) is 4.79 Å². The van der Waals surface area contributed by atoms with Crippen molar-refractivity contribution in [1.29, 1.82) is 0 Å². The van der Waals surface area contributed by atoms with Crippen molar-refractivity contribution < 1.29 is 9.72 Å². The zero-order valence-corrected chi connectivity index (χ0v) is 9.28. The molecule has 0 bridgehead atoms. The van der Waals surface area contributed by atoms with Gasteiger partial charge < -0.3 is 4.79 Å². The van der Waals surface area contributed by atoms with Crippen molar-refractivity contribution in [2.45, 2.75) is 17.7 Å². The fourth-order valence-corrected chi connectivity index (χ4v) is 1.94. The van der Waals surface area contributed by atoms with Gasteiger partial charge in [0, 0.05) is 11.5 Å². The average molecular weight is 225 g/mol. The van der Waals surface area contributed by atoms with Crippen molar-refractivity contribution in [1.82, 2.24) is 0 Å². The largest absolute Gasteiger partial charge is 0.303 e. The predicted molar refractivity (Wildman–Crippen MR) is 59.4 cm³/mol. The van der Waals surface area contributed by atoms with Crippen LogP contribution in [0, 0.1) is 10.1 Å². The zero-order chi connectivity index (χ0) is 11.4. The molecule has 0 amide bonds. The van der Waals surface area contributed by atoms with Gasteiger partial charge in [0.2, 0.25) is 0 Å². The molecule has 0 saturated heterocycles. The summed E-state index contributed by atoms with van der Waals surface area (Å²) in [6.45, 7) is 1.65. The molecule has 4 nitrogen and oxygen atoms in total. The number of nitrogens with zero attached hydrogens (tertiary/aromatic N) is 1. The van der Waals surface area contributed by atoms with Crippen LogP contribution < -0.4 is 0 Å². The topological polar surface area (TPSA) is 60.2 Å². The third-order valence-electron chi connectivity index (χ3n) is 2.13. The number of hydrogen-bond acceptors (Lipinski definition) is 4. The molecule has 1 atom stereocenters. The van der Waals surface area contributed by atoms with E-state index in [1.807, 2.05) is 0 Å². The van der Waals surface area contributed by atoms with Crippen LogP contribution in [-0.4, -0.2) is 17.5 Å². The molecule has 1 rings (SSSR count). The van der Waals surface area contributed by atoms with Gasteiger partial charge in [-0.2, -0.15) is 0 Å². The van der Waals surface area contributed by atoms with Crippen LogP contribution >= 0.6 is 11.8 Å². The summed E-state index contributed by atoms with van der Waals surface area (Å²) >= 11 is 1.31. The first-order chi connectivity index (χ1) is 7.11. The van der Waals surface area contributed by atoms with Crippen molar-refractivity contribution in [3.8, 4) is 0 Å². The molecule has 0 aliphatic heterocycles. The fraction of sp³-hybridized carbons (Fsp3) is 0.300. The van der Waals surface area contributed by atoms with Gasteiger partial charge in [0.05, 0.1) is 9.82 Å². The minimum absolute atomic E-state index is 0.0459. The van der Waals surface area contributed by atoms with Gasteiger partial charge in [0.15, 0.2) is 0 Å². The number of nitro benzene ring substituents is 1. The minimum Gasteiger partial charge on any atom is -0.303 e. The Balaban J connectivity index is 3.37. The summed E-state index contributed by atoms with van der Waals surface area (Å²) < 4.78 is 0. The van der Waals surface area contributed by atoms with Crippen LogP contribution in [0.2, 0.25) is 0 Å². The van der Waals surface area contributed by atoms with Gasteiger partial charge in [0.1, 0.15) is 6.29 Å². The highest BCUT2D eigenvalue weighted by atomic mass is 32.2. The second-order valence-corrected chi connectivity index (χ2v) is 3.93. The normalized spacial score (nSPS) is 12.1. The lowest BCUT2D eigenvalue weighted by molar-refractivity contribution is -0.388. The summed E-state index contributed by atoms with van der Waals surface area (Å²) in [6, 6.07) is 5.04. The van der Waals surface area contributed by atoms with E-state index in [4.69, 9.17) is 0 Å². The fourth-order valence-electron chi connectivity index (χ4n) is 1.34. The van der Waals surface area contributed by atoms with Gasteiger partial charge >= 0.3 is 0 Å². The molecule has 0 aliphatic carbocycles. The number of aldehydes is 1. The maximum atomic E-state index is 10.9. The smallest absolute Gasteiger partial charge is 0.286 e. The Hall–Kier alpha value is -1.36. The van der Waals surface area contributed by atoms with E-state index in [0.717, 1.165) is 0 Å². The van der Waals surface area contributed by atoms with Gasteiger partial charge in [-0.3, -0.25) is 10.1 Å². The van der Waals surface area contributed by atoms with Crippen molar-refractivity contribution in [3.63, 3.8) is 0 Å². The van der Waals surface area contributed by atoms with Crippen LogP contribution in [0.5, 0.6) is 0 Å². The molecule has 0 fully saturated rings. The Morgan fingerprint density at radius 2 is 2.20 bits per heavy atom. The highest BCUT2D eigenvalue weighted by Crippen LogP contribution is 2.34. The van der Waals surface area contributed by atoms with Crippen molar-refractivity contribution in [2.24, 2.45) is 0 Å². The van der Waals surface area contributed by atoms with Crippen LogP contribution in [0.3, 0.4) is 0 Å². The quantitative estimate of drug-likeness (QED) is 0.342. The summed E-state index contributed by atoms with van der Waals surface area (Å²) in [6.07, 6.45) is 2.49. The molecule has 0 heterocycles. The molecule has 1 aromatic rings. The lowest BCUT2D eigenvalue weighted by Gasteiger charge is -2.07.